The minimum atomic E-state index is -0.701. The molecule has 0 radical (unpaired) electrons. The van der Waals surface area contributed by atoms with Crippen molar-refractivity contribution in [3.8, 4) is 22.3 Å². The van der Waals surface area contributed by atoms with E-state index in [1.54, 1.807) is 13.8 Å². The van der Waals surface area contributed by atoms with E-state index in [2.05, 4.69) is 6.58 Å². The minimum Gasteiger partial charge on any atom is -0.465 e. The van der Waals surface area contributed by atoms with Crippen LogP contribution in [0.5, 0.6) is 0 Å². The van der Waals surface area contributed by atoms with Crippen LogP contribution in [0.4, 0.5) is 0 Å². The van der Waals surface area contributed by atoms with Gasteiger partial charge >= 0.3 is 23.9 Å². The maximum Gasteiger partial charge on any atom is 0.355 e. The molecule has 0 amide bonds. The van der Waals surface area contributed by atoms with Crippen molar-refractivity contribution in [3.63, 3.8) is 0 Å². The molecule has 10 heteroatoms. The van der Waals surface area contributed by atoms with Crippen molar-refractivity contribution in [1.29, 1.82) is 0 Å². The Labute approximate surface area is 319 Å². The molecule has 2 aliphatic rings. The summed E-state index contributed by atoms with van der Waals surface area (Å²) in [6, 6.07) is 30.9. The number of hydrogen-bond acceptors (Lipinski definition) is 10. The topological polar surface area (TPSA) is 157 Å². The summed E-state index contributed by atoms with van der Waals surface area (Å²) in [7, 11) is 0. The summed E-state index contributed by atoms with van der Waals surface area (Å²) in [6.07, 6.45) is 2.84. The largest absolute Gasteiger partial charge is 0.465 e. The Balaban J connectivity index is 0.891. The number of carbonyl (C=O) groups excluding carboxylic acids is 4. The van der Waals surface area contributed by atoms with Crippen molar-refractivity contribution < 1.29 is 38.1 Å². The first-order chi connectivity index (χ1) is 26.4. The summed E-state index contributed by atoms with van der Waals surface area (Å²) < 4.78 is 21.6. The minimum absolute atomic E-state index is 0.00678. The first-order valence-electron chi connectivity index (χ1n) is 17.8. The van der Waals surface area contributed by atoms with Gasteiger partial charge in [0.25, 0.3) is 0 Å². The van der Waals surface area contributed by atoms with Gasteiger partial charge in [-0.15, -0.1) is 0 Å². The Morgan fingerprint density at radius 3 is 1.27 bits per heavy atom. The summed E-state index contributed by atoms with van der Waals surface area (Å²) in [4.78, 5) is 50.6. The molecule has 0 fully saturated rings. The van der Waals surface area contributed by atoms with Crippen molar-refractivity contribution in [2.24, 2.45) is 16.9 Å². The summed E-state index contributed by atoms with van der Waals surface area (Å²) in [5.74, 6) is -2.42. The van der Waals surface area contributed by atoms with Gasteiger partial charge in [-0.05, 0) is 50.1 Å². The number of carbonyl (C=O) groups is 4. The molecular formula is C45H42N2O8. The van der Waals surface area contributed by atoms with Crippen molar-refractivity contribution in [3.05, 3.63) is 155 Å². The van der Waals surface area contributed by atoms with Crippen LogP contribution in [0.3, 0.4) is 0 Å². The number of esters is 4. The fraction of sp³-hybridized carbons (Fsp3) is 0.200. The molecule has 0 spiro atoms. The SMILES string of the molecule is C=C(COC(=O)C/C=C\CC(=O)OCC(C)(C)COC(=O)C(N)=C1c2ccccc2-c2ccccc21)COC(=O)C(N)=C1c2ccccc2-c2ccccc21. The predicted molar refractivity (Wildman–Crippen MR) is 209 cm³/mol. The maximum atomic E-state index is 13.1. The highest BCUT2D eigenvalue weighted by Gasteiger charge is 2.30. The maximum absolute atomic E-state index is 13.1. The second kappa shape index (κ2) is 16.6. The van der Waals surface area contributed by atoms with E-state index in [9.17, 15) is 19.2 Å². The smallest absolute Gasteiger partial charge is 0.355 e. The number of hydrogen-bond donors (Lipinski definition) is 2. The van der Waals surface area contributed by atoms with E-state index >= 15 is 0 Å². The Kier molecular flexibility index (Phi) is 11.5. The van der Waals surface area contributed by atoms with Crippen LogP contribution in [-0.4, -0.2) is 50.3 Å². The van der Waals surface area contributed by atoms with Gasteiger partial charge in [0.2, 0.25) is 0 Å². The third kappa shape index (κ3) is 8.60. The highest BCUT2D eigenvalue weighted by Crippen LogP contribution is 2.46. The Hall–Kier alpha value is -6.68. The first kappa shape index (κ1) is 38.1. The molecule has 2 aliphatic carbocycles. The van der Waals surface area contributed by atoms with Crippen molar-refractivity contribution >= 4 is 35.0 Å². The summed E-state index contributed by atoms with van der Waals surface area (Å²) >= 11 is 0. The molecule has 55 heavy (non-hydrogen) atoms. The van der Waals surface area contributed by atoms with E-state index in [0.29, 0.717) is 16.7 Å². The molecule has 0 aliphatic heterocycles. The molecule has 0 unspecified atom stereocenters. The van der Waals surface area contributed by atoms with E-state index in [0.717, 1.165) is 44.5 Å². The zero-order valence-electron chi connectivity index (χ0n) is 30.8. The molecule has 4 aromatic carbocycles. The van der Waals surface area contributed by atoms with E-state index in [4.69, 9.17) is 30.4 Å². The van der Waals surface area contributed by atoms with Gasteiger partial charge in [0, 0.05) is 16.6 Å². The predicted octanol–water partition coefficient (Wildman–Crippen LogP) is 6.88. The van der Waals surface area contributed by atoms with Gasteiger partial charge in [-0.1, -0.05) is 130 Å². The molecule has 0 atom stereocenters. The standard InChI is InChI=1S/C45H42N2O8/c1-28(25-53-43(50)41(46)39-33-18-8-4-14-29(33)30-15-5-9-19-34(30)39)24-52-37(48)22-12-13-23-38(49)54-26-45(2,3)27-55-44(51)42(47)40-35-20-10-6-16-31(35)32-17-7-11-21-36(32)40/h4-21H,1,22-27,46-47H2,2-3H3/b13-12-. The van der Waals surface area contributed by atoms with Gasteiger partial charge in [-0.3, -0.25) is 9.59 Å². The van der Waals surface area contributed by atoms with Crippen LogP contribution >= 0.6 is 0 Å². The van der Waals surface area contributed by atoms with Crippen LogP contribution in [0.15, 0.2) is 133 Å². The number of benzene rings is 4. The summed E-state index contributed by atoms with van der Waals surface area (Å²) in [6.45, 7) is 7.05. The monoisotopic (exact) mass is 738 g/mol. The van der Waals surface area contributed by atoms with Gasteiger partial charge in [-0.2, -0.15) is 0 Å². The lowest BCUT2D eigenvalue weighted by Gasteiger charge is -2.23. The first-order valence-corrected chi connectivity index (χ1v) is 17.8. The molecule has 0 saturated carbocycles. The third-order valence-electron chi connectivity index (χ3n) is 9.14. The summed E-state index contributed by atoms with van der Waals surface area (Å²) in [5, 5.41) is 0. The fourth-order valence-corrected chi connectivity index (χ4v) is 6.42. The average Bonchev–Trinajstić information content (AvgIpc) is 3.71. The Morgan fingerprint density at radius 2 is 0.855 bits per heavy atom. The van der Waals surface area contributed by atoms with Crippen LogP contribution in [0.1, 0.15) is 48.9 Å². The molecular weight excluding hydrogens is 697 g/mol. The molecule has 4 N–H and O–H groups in total. The van der Waals surface area contributed by atoms with Crippen molar-refractivity contribution in [1.82, 2.24) is 0 Å². The fourth-order valence-electron chi connectivity index (χ4n) is 6.42. The highest BCUT2D eigenvalue weighted by atomic mass is 16.6. The molecule has 4 aromatic rings. The number of nitrogens with two attached hydrogens (primary N) is 2. The molecule has 0 heterocycles. The molecule has 6 rings (SSSR count). The second-order valence-electron chi connectivity index (χ2n) is 14.0. The van der Waals surface area contributed by atoms with Gasteiger partial charge in [0.05, 0.1) is 19.4 Å². The average molecular weight is 739 g/mol. The molecule has 280 valence electrons. The van der Waals surface area contributed by atoms with E-state index < -0.39 is 29.3 Å². The summed E-state index contributed by atoms with van der Waals surface area (Å²) in [5.41, 5.74) is 21.0. The molecule has 10 nitrogen and oxygen atoms in total. The number of ether oxygens (including phenoxy) is 4. The zero-order valence-corrected chi connectivity index (χ0v) is 30.8. The third-order valence-corrected chi connectivity index (χ3v) is 9.14. The lowest BCUT2D eigenvalue weighted by molar-refractivity contribution is -0.150. The van der Waals surface area contributed by atoms with Crippen LogP contribution in [-0.2, 0) is 38.1 Å². The second-order valence-corrected chi connectivity index (χ2v) is 14.0. The Morgan fingerprint density at radius 1 is 0.527 bits per heavy atom. The number of rotatable bonds is 14. The van der Waals surface area contributed by atoms with E-state index in [1.165, 1.54) is 12.2 Å². The van der Waals surface area contributed by atoms with Crippen LogP contribution in [0.25, 0.3) is 33.4 Å². The van der Waals surface area contributed by atoms with E-state index in [1.807, 2.05) is 97.1 Å². The van der Waals surface area contributed by atoms with Crippen molar-refractivity contribution in [2.45, 2.75) is 26.7 Å². The van der Waals surface area contributed by atoms with E-state index in [-0.39, 0.29) is 50.7 Å². The lowest BCUT2D eigenvalue weighted by Crippen LogP contribution is -2.30. The van der Waals surface area contributed by atoms with Crippen LogP contribution in [0.2, 0.25) is 0 Å². The lowest BCUT2D eigenvalue weighted by atomic mass is 9.96. The van der Waals surface area contributed by atoms with Gasteiger partial charge in [-0.25, -0.2) is 9.59 Å². The highest BCUT2D eigenvalue weighted by molar-refractivity contribution is 6.10. The van der Waals surface area contributed by atoms with Gasteiger partial charge in [0.15, 0.2) is 0 Å². The Bertz CT molecular complexity index is 2180. The molecule has 0 saturated heterocycles. The van der Waals surface area contributed by atoms with Crippen LogP contribution in [0, 0.1) is 5.41 Å². The van der Waals surface area contributed by atoms with Gasteiger partial charge < -0.3 is 30.4 Å². The molecule has 0 aromatic heterocycles. The number of fused-ring (bicyclic) bond motifs is 6. The molecule has 0 bridgehead atoms. The van der Waals surface area contributed by atoms with Crippen LogP contribution < -0.4 is 11.5 Å². The zero-order chi connectivity index (χ0) is 39.1. The van der Waals surface area contributed by atoms with Gasteiger partial charge in [0.1, 0.15) is 31.2 Å². The quantitative estimate of drug-likeness (QED) is 0.0523. The van der Waals surface area contributed by atoms with Crippen molar-refractivity contribution in [2.75, 3.05) is 26.4 Å². The normalized spacial score (nSPS) is 12.3.